The lowest BCUT2D eigenvalue weighted by Crippen LogP contribution is -2.50. The first kappa shape index (κ1) is 25.6. The quantitative estimate of drug-likeness (QED) is 0.403. The van der Waals surface area contributed by atoms with E-state index in [2.05, 4.69) is 10.6 Å². The molecule has 0 aliphatic heterocycles. The normalized spacial score (nSPS) is 13.3. The van der Waals surface area contributed by atoms with Gasteiger partial charge >= 0.3 is 5.97 Å². The van der Waals surface area contributed by atoms with E-state index in [0.29, 0.717) is 12.0 Å². The first-order valence-corrected chi connectivity index (χ1v) is 11.5. The number of amides is 2. The highest BCUT2D eigenvalue weighted by molar-refractivity contribution is 5.98. The minimum atomic E-state index is -1.05. The molecule has 0 fully saturated rings. The highest BCUT2D eigenvalue weighted by Crippen LogP contribution is 2.19. The van der Waals surface area contributed by atoms with Crippen molar-refractivity contribution in [2.75, 3.05) is 0 Å². The van der Waals surface area contributed by atoms with Crippen LogP contribution in [0.2, 0.25) is 0 Å². The van der Waals surface area contributed by atoms with E-state index in [1.54, 1.807) is 31.2 Å². The fraction of sp³-hybridized carbons (Fsp3) is 0.250. The predicted octanol–water partition coefficient (Wildman–Crippen LogP) is 4.45. The second kappa shape index (κ2) is 11.9. The summed E-state index contributed by atoms with van der Waals surface area (Å²) in [6, 6.07) is 21.4. The number of carbonyl (C=O) groups excluding carboxylic acids is 2. The first-order valence-electron chi connectivity index (χ1n) is 11.5. The van der Waals surface area contributed by atoms with Gasteiger partial charge < -0.3 is 15.7 Å². The lowest BCUT2D eigenvalue weighted by molar-refractivity contribution is -0.141. The number of carboxylic acids is 1. The minimum absolute atomic E-state index is 0.0573. The number of carbonyl (C=O) groups is 3. The summed E-state index contributed by atoms with van der Waals surface area (Å²) in [7, 11) is 0. The summed E-state index contributed by atoms with van der Waals surface area (Å²) in [6.07, 6.45) is 0.403. The van der Waals surface area contributed by atoms with Crippen LogP contribution in [0.3, 0.4) is 0 Å². The van der Waals surface area contributed by atoms with Gasteiger partial charge in [0.15, 0.2) is 0 Å². The van der Waals surface area contributed by atoms with Crippen molar-refractivity contribution in [2.45, 2.75) is 38.8 Å². The Morgan fingerprint density at radius 2 is 1.43 bits per heavy atom. The fourth-order valence-electron chi connectivity index (χ4n) is 3.74. The second-order valence-corrected chi connectivity index (χ2v) is 8.68. The lowest BCUT2D eigenvalue weighted by atomic mass is 9.99. The molecule has 0 saturated heterocycles. The van der Waals surface area contributed by atoms with Crippen LogP contribution in [0.1, 0.15) is 36.2 Å². The van der Waals surface area contributed by atoms with E-state index in [9.17, 15) is 23.9 Å². The number of nitrogens with one attached hydrogen (secondary N) is 2. The van der Waals surface area contributed by atoms with Gasteiger partial charge in [-0.3, -0.25) is 14.4 Å². The number of hydrogen-bond donors (Lipinski definition) is 3. The van der Waals surface area contributed by atoms with Crippen molar-refractivity contribution in [3.63, 3.8) is 0 Å². The zero-order valence-corrected chi connectivity index (χ0v) is 19.7. The number of benzene rings is 3. The summed E-state index contributed by atoms with van der Waals surface area (Å²) in [5.41, 5.74) is 3.18. The Kier molecular flexibility index (Phi) is 8.73. The van der Waals surface area contributed by atoms with Crippen molar-refractivity contribution < 1.29 is 23.9 Å². The molecule has 3 aromatic carbocycles. The van der Waals surface area contributed by atoms with Gasteiger partial charge in [-0.05, 0) is 60.7 Å². The van der Waals surface area contributed by atoms with Crippen LogP contribution in [0.15, 0.2) is 78.9 Å². The molecule has 0 spiro atoms. The topological polar surface area (TPSA) is 95.5 Å². The largest absolute Gasteiger partial charge is 0.481 e. The molecule has 0 aliphatic rings. The first-order chi connectivity index (χ1) is 16.7. The highest BCUT2D eigenvalue weighted by atomic mass is 19.1. The van der Waals surface area contributed by atoms with E-state index in [4.69, 9.17) is 0 Å². The number of hydrogen-bond acceptors (Lipinski definition) is 3. The fourth-order valence-corrected chi connectivity index (χ4v) is 3.74. The van der Waals surface area contributed by atoms with Crippen molar-refractivity contribution >= 4 is 17.8 Å². The average Bonchev–Trinajstić information content (AvgIpc) is 2.85. The molecule has 0 bridgehead atoms. The molecule has 182 valence electrons. The predicted molar refractivity (Wildman–Crippen MR) is 132 cm³/mol. The average molecular weight is 477 g/mol. The van der Waals surface area contributed by atoms with E-state index >= 15 is 0 Å². The summed E-state index contributed by atoms with van der Waals surface area (Å²) >= 11 is 0. The second-order valence-electron chi connectivity index (χ2n) is 8.68. The van der Waals surface area contributed by atoms with Gasteiger partial charge in [0.05, 0.1) is 5.92 Å². The molecule has 0 heterocycles. The Morgan fingerprint density at radius 1 is 0.829 bits per heavy atom. The Hall–Kier alpha value is -4.00. The van der Waals surface area contributed by atoms with E-state index in [-0.39, 0.29) is 18.3 Å². The molecule has 0 saturated carbocycles. The summed E-state index contributed by atoms with van der Waals surface area (Å²) in [5.74, 6) is -3.16. The van der Waals surface area contributed by atoms with Crippen LogP contribution in [0, 0.1) is 11.7 Å². The molecular formula is C28H29FN2O4. The summed E-state index contributed by atoms with van der Waals surface area (Å²) in [5, 5.41) is 14.9. The van der Waals surface area contributed by atoms with Crippen molar-refractivity contribution in [1.29, 1.82) is 0 Å². The molecule has 3 unspecified atom stereocenters. The van der Waals surface area contributed by atoms with Crippen LogP contribution < -0.4 is 10.6 Å². The van der Waals surface area contributed by atoms with Gasteiger partial charge in [-0.15, -0.1) is 0 Å². The maximum atomic E-state index is 13.1. The molecule has 6 nitrogen and oxygen atoms in total. The maximum Gasteiger partial charge on any atom is 0.306 e. The van der Waals surface area contributed by atoms with Crippen molar-refractivity contribution in [3.8, 4) is 11.1 Å². The highest BCUT2D eigenvalue weighted by Gasteiger charge is 2.27. The number of halogens is 1. The van der Waals surface area contributed by atoms with Gasteiger partial charge in [-0.25, -0.2) is 4.39 Å². The van der Waals surface area contributed by atoms with E-state index < -0.39 is 29.7 Å². The Labute approximate surface area is 204 Å². The van der Waals surface area contributed by atoms with Crippen LogP contribution >= 0.6 is 0 Å². The van der Waals surface area contributed by atoms with Crippen LogP contribution in [-0.2, 0) is 16.0 Å². The Bertz CT molecular complexity index is 1150. The van der Waals surface area contributed by atoms with Gasteiger partial charge in [0.1, 0.15) is 11.9 Å². The third-order valence-electron chi connectivity index (χ3n) is 5.73. The molecule has 3 atom stereocenters. The third-order valence-corrected chi connectivity index (χ3v) is 5.73. The van der Waals surface area contributed by atoms with Gasteiger partial charge in [0.25, 0.3) is 5.91 Å². The van der Waals surface area contributed by atoms with Crippen molar-refractivity contribution in [3.05, 3.63) is 95.8 Å². The van der Waals surface area contributed by atoms with Gasteiger partial charge in [0, 0.05) is 11.6 Å². The molecule has 0 aliphatic carbocycles. The van der Waals surface area contributed by atoms with Crippen molar-refractivity contribution in [1.82, 2.24) is 10.6 Å². The van der Waals surface area contributed by atoms with Gasteiger partial charge in [-0.1, -0.05) is 61.5 Å². The Morgan fingerprint density at radius 3 is 2.03 bits per heavy atom. The van der Waals surface area contributed by atoms with Crippen LogP contribution in [0.25, 0.3) is 11.1 Å². The van der Waals surface area contributed by atoms with Crippen LogP contribution in [0.5, 0.6) is 0 Å². The lowest BCUT2D eigenvalue weighted by Gasteiger charge is -2.23. The van der Waals surface area contributed by atoms with E-state index in [1.165, 1.54) is 19.1 Å². The molecule has 7 heteroatoms. The number of carboxylic acid groups (broad SMARTS) is 1. The van der Waals surface area contributed by atoms with Crippen molar-refractivity contribution in [2.24, 2.45) is 5.92 Å². The maximum absolute atomic E-state index is 13.1. The SMILES string of the molecule is CC(Cc1ccc(F)cc1)NC(=O)C(CC(C)C(=O)O)NC(=O)c1ccc(-c2ccccc2)cc1. The van der Waals surface area contributed by atoms with Gasteiger partial charge in [-0.2, -0.15) is 0 Å². The molecule has 3 aromatic rings. The number of aliphatic carboxylic acids is 1. The van der Waals surface area contributed by atoms with Crippen LogP contribution in [0.4, 0.5) is 4.39 Å². The number of rotatable bonds is 10. The Balaban J connectivity index is 1.68. The molecule has 3 rings (SSSR count). The molecule has 0 aromatic heterocycles. The molecular weight excluding hydrogens is 447 g/mol. The third kappa shape index (κ3) is 7.50. The van der Waals surface area contributed by atoms with Crippen LogP contribution in [-0.4, -0.2) is 35.0 Å². The summed E-state index contributed by atoms with van der Waals surface area (Å²) < 4.78 is 13.1. The molecule has 35 heavy (non-hydrogen) atoms. The smallest absolute Gasteiger partial charge is 0.306 e. The zero-order valence-electron chi connectivity index (χ0n) is 19.7. The molecule has 0 radical (unpaired) electrons. The minimum Gasteiger partial charge on any atom is -0.481 e. The standard InChI is InChI=1S/C28H29FN2O4/c1-18(28(34)35)16-25(27(33)30-19(2)17-20-8-14-24(29)15-9-20)31-26(32)23-12-10-22(11-13-23)21-6-4-3-5-7-21/h3-15,18-19,25H,16-17H2,1-2H3,(H,30,33)(H,31,32)(H,34,35). The monoisotopic (exact) mass is 476 g/mol. The summed E-state index contributed by atoms with van der Waals surface area (Å²) in [6.45, 7) is 3.29. The molecule has 3 N–H and O–H groups in total. The zero-order chi connectivity index (χ0) is 25.4. The molecule has 2 amide bonds. The van der Waals surface area contributed by atoms with E-state index in [1.807, 2.05) is 42.5 Å². The van der Waals surface area contributed by atoms with Gasteiger partial charge in [0.2, 0.25) is 5.91 Å². The van der Waals surface area contributed by atoms with E-state index in [0.717, 1.165) is 16.7 Å². The summed E-state index contributed by atoms with van der Waals surface area (Å²) in [4.78, 5) is 37.3.